The molecule has 0 bridgehead atoms. The minimum Gasteiger partial charge on any atom is -0.480 e. The molecule has 0 saturated carbocycles. The lowest BCUT2D eigenvalue weighted by molar-refractivity contribution is -0.143. The van der Waals surface area contributed by atoms with Gasteiger partial charge in [-0.2, -0.15) is 0 Å². The largest absolute Gasteiger partial charge is 0.480 e. The molecule has 3 amide bonds. The first-order valence-corrected chi connectivity index (χ1v) is 13.2. The molecule has 12 nitrogen and oxygen atoms in total. The number of carboxylic acids is 1. The van der Waals surface area contributed by atoms with Crippen molar-refractivity contribution in [3.8, 4) is 0 Å². The predicted molar refractivity (Wildman–Crippen MR) is 153 cm³/mol. The van der Waals surface area contributed by atoms with Crippen LogP contribution in [0.5, 0.6) is 0 Å². The quantitative estimate of drug-likeness (QED) is 0.124. The van der Waals surface area contributed by atoms with Gasteiger partial charge in [0.2, 0.25) is 17.7 Å². The third kappa shape index (κ3) is 6.91. The van der Waals surface area contributed by atoms with Gasteiger partial charge in [0.05, 0.1) is 12.1 Å². The molecule has 0 radical (unpaired) electrons. The summed E-state index contributed by atoms with van der Waals surface area (Å²) in [5.41, 5.74) is 8.80. The number of carbonyl (C=O) groups is 4. The van der Waals surface area contributed by atoms with Gasteiger partial charge in [0.15, 0.2) is 0 Å². The van der Waals surface area contributed by atoms with Crippen molar-refractivity contribution in [1.29, 1.82) is 0 Å². The minimum atomic E-state index is -1.50. The summed E-state index contributed by atoms with van der Waals surface area (Å²) in [4.78, 5) is 57.3. The molecule has 0 spiro atoms. The number of rotatable bonds is 12. The topological polar surface area (TPSA) is 202 Å². The number of aliphatic carboxylic acids is 1. The summed E-state index contributed by atoms with van der Waals surface area (Å²) in [6.07, 6.45) is 2.07. The maximum absolute atomic E-state index is 13.4. The van der Waals surface area contributed by atoms with E-state index in [2.05, 4.69) is 25.9 Å². The molecule has 0 saturated heterocycles. The highest BCUT2D eigenvalue weighted by Crippen LogP contribution is 2.20. The van der Waals surface area contributed by atoms with Crippen molar-refractivity contribution in [2.75, 3.05) is 0 Å². The fourth-order valence-corrected chi connectivity index (χ4v) is 4.67. The highest BCUT2D eigenvalue weighted by molar-refractivity contribution is 5.95. The first-order valence-electron chi connectivity index (χ1n) is 13.2. The average molecular weight is 563 g/mol. The lowest BCUT2D eigenvalue weighted by Gasteiger charge is -2.26. The van der Waals surface area contributed by atoms with Crippen LogP contribution in [0.2, 0.25) is 0 Å². The maximum atomic E-state index is 13.4. The first kappa shape index (κ1) is 29.3. The number of hydrogen-bond donors (Lipinski definition) is 8. The molecular formula is C29H34N6O6. The maximum Gasteiger partial charge on any atom is 0.326 e. The summed E-state index contributed by atoms with van der Waals surface area (Å²) in [6.45, 7) is 2.77. The molecule has 2 aromatic carbocycles. The molecule has 0 fully saturated rings. The molecule has 216 valence electrons. The molecule has 5 atom stereocenters. The fraction of sp³-hybridized carbons (Fsp3) is 0.310. The minimum absolute atomic E-state index is 0.0286. The Bertz CT molecular complexity index is 1560. The highest BCUT2D eigenvalue weighted by atomic mass is 16.4. The zero-order valence-electron chi connectivity index (χ0n) is 22.7. The number of H-pyrrole nitrogens is 2. The van der Waals surface area contributed by atoms with Crippen molar-refractivity contribution < 1.29 is 29.4 Å². The zero-order chi connectivity index (χ0) is 29.7. The Morgan fingerprint density at radius 3 is 1.73 bits per heavy atom. The monoisotopic (exact) mass is 562 g/mol. The van der Waals surface area contributed by atoms with Gasteiger partial charge in [-0.15, -0.1) is 0 Å². The van der Waals surface area contributed by atoms with Crippen LogP contribution in [-0.2, 0) is 32.0 Å². The van der Waals surface area contributed by atoms with Crippen LogP contribution < -0.4 is 21.7 Å². The molecule has 12 heteroatoms. The van der Waals surface area contributed by atoms with Crippen LogP contribution in [0.25, 0.3) is 21.8 Å². The number of aliphatic hydroxyl groups excluding tert-OH is 1. The smallest absolute Gasteiger partial charge is 0.326 e. The Labute approximate surface area is 235 Å². The number of para-hydroxylation sites is 2. The van der Waals surface area contributed by atoms with Crippen molar-refractivity contribution in [1.82, 2.24) is 25.9 Å². The Balaban J connectivity index is 1.51. The number of nitrogens with two attached hydrogens (primary N) is 1. The highest BCUT2D eigenvalue weighted by Gasteiger charge is 2.33. The number of fused-ring (bicyclic) bond motifs is 2. The second-order valence-electron chi connectivity index (χ2n) is 10.1. The normalized spacial score (nSPS) is 15.0. The Morgan fingerprint density at radius 1 is 0.756 bits per heavy atom. The van der Waals surface area contributed by atoms with Gasteiger partial charge in [-0.1, -0.05) is 36.4 Å². The van der Waals surface area contributed by atoms with E-state index in [1.54, 1.807) is 12.4 Å². The van der Waals surface area contributed by atoms with Crippen LogP contribution in [0.15, 0.2) is 60.9 Å². The zero-order valence-corrected chi connectivity index (χ0v) is 22.7. The van der Waals surface area contributed by atoms with Crippen LogP contribution >= 0.6 is 0 Å². The molecule has 9 N–H and O–H groups in total. The molecule has 4 aromatic rings. The Kier molecular flexibility index (Phi) is 9.05. The fourth-order valence-electron chi connectivity index (χ4n) is 4.67. The number of benzene rings is 2. The van der Waals surface area contributed by atoms with Gasteiger partial charge in [-0.05, 0) is 37.1 Å². The number of aromatic nitrogens is 2. The van der Waals surface area contributed by atoms with E-state index in [4.69, 9.17) is 5.73 Å². The molecule has 41 heavy (non-hydrogen) atoms. The molecular weight excluding hydrogens is 528 g/mol. The van der Waals surface area contributed by atoms with Crippen LogP contribution in [0.1, 0.15) is 25.0 Å². The van der Waals surface area contributed by atoms with E-state index in [-0.39, 0.29) is 12.8 Å². The number of carboxylic acid groups (broad SMARTS) is 1. The number of nitrogens with one attached hydrogen (secondary N) is 5. The number of aliphatic hydroxyl groups is 1. The third-order valence-corrected chi connectivity index (χ3v) is 6.92. The van der Waals surface area contributed by atoms with Crippen molar-refractivity contribution in [3.63, 3.8) is 0 Å². The number of aromatic amines is 2. The van der Waals surface area contributed by atoms with Gasteiger partial charge >= 0.3 is 5.97 Å². The van der Waals surface area contributed by atoms with Gasteiger partial charge in [-0.25, -0.2) is 4.79 Å². The van der Waals surface area contributed by atoms with E-state index in [0.29, 0.717) is 5.56 Å². The third-order valence-electron chi connectivity index (χ3n) is 6.92. The lowest BCUT2D eigenvalue weighted by atomic mass is 10.0. The summed E-state index contributed by atoms with van der Waals surface area (Å²) < 4.78 is 0. The van der Waals surface area contributed by atoms with Crippen LogP contribution in [0.3, 0.4) is 0 Å². The molecule has 2 heterocycles. The Hall–Kier alpha value is -4.68. The van der Waals surface area contributed by atoms with Gasteiger partial charge < -0.3 is 41.9 Å². The second-order valence-corrected chi connectivity index (χ2v) is 10.1. The van der Waals surface area contributed by atoms with Gasteiger partial charge in [-0.3, -0.25) is 14.4 Å². The van der Waals surface area contributed by atoms with E-state index < -0.39 is 54.0 Å². The molecule has 0 aliphatic heterocycles. The molecule has 5 unspecified atom stereocenters. The van der Waals surface area contributed by atoms with Crippen molar-refractivity contribution >= 4 is 45.5 Å². The van der Waals surface area contributed by atoms with E-state index in [1.165, 1.54) is 13.8 Å². The van der Waals surface area contributed by atoms with Crippen LogP contribution in [-0.4, -0.2) is 74.1 Å². The number of carbonyl (C=O) groups excluding carboxylic acids is 3. The van der Waals surface area contributed by atoms with E-state index in [0.717, 1.165) is 27.4 Å². The SMILES string of the molecule is CC(N)C(=O)NC(Cc1c[nH]c2ccccc12)C(=O)NC(C(=O)NC(Cc1c[nH]c2ccccc12)C(=O)O)C(C)O. The summed E-state index contributed by atoms with van der Waals surface area (Å²) >= 11 is 0. The number of amides is 3. The van der Waals surface area contributed by atoms with Gasteiger partial charge in [0, 0.05) is 47.0 Å². The van der Waals surface area contributed by atoms with Gasteiger partial charge in [0.25, 0.3) is 0 Å². The summed E-state index contributed by atoms with van der Waals surface area (Å²) in [6, 6.07) is 9.94. The van der Waals surface area contributed by atoms with Crippen LogP contribution in [0, 0.1) is 0 Å². The second kappa shape index (κ2) is 12.7. The van der Waals surface area contributed by atoms with Crippen molar-refractivity contribution in [2.45, 2.75) is 57.0 Å². The van der Waals surface area contributed by atoms with Gasteiger partial charge in [0.1, 0.15) is 18.1 Å². The van der Waals surface area contributed by atoms with E-state index in [9.17, 15) is 29.4 Å². The Morgan fingerprint density at radius 2 is 1.24 bits per heavy atom. The molecule has 4 rings (SSSR count). The molecule has 0 aliphatic carbocycles. The predicted octanol–water partition coefficient (Wildman–Crippen LogP) is 0.701. The van der Waals surface area contributed by atoms with Crippen molar-refractivity contribution in [2.24, 2.45) is 5.73 Å². The molecule has 2 aromatic heterocycles. The first-order chi connectivity index (χ1) is 19.5. The van der Waals surface area contributed by atoms with E-state index in [1.807, 2.05) is 48.5 Å². The lowest BCUT2D eigenvalue weighted by Crippen LogP contribution is -2.60. The van der Waals surface area contributed by atoms with E-state index >= 15 is 0 Å². The average Bonchev–Trinajstić information content (AvgIpc) is 3.54. The number of hydrogen-bond acceptors (Lipinski definition) is 6. The summed E-state index contributed by atoms with van der Waals surface area (Å²) in [5, 5.41) is 29.4. The summed E-state index contributed by atoms with van der Waals surface area (Å²) in [5.74, 6) is -3.48. The van der Waals surface area contributed by atoms with Crippen LogP contribution in [0.4, 0.5) is 0 Å². The standard InChI is InChI=1S/C29H34N6O6/c1-15(30)26(37)33-23(11-17-13-31-21-9-5-3-7-19(17)21)27(38)35-25(16(2)36)28(39)34-24(29(40)41)12-18-14-32-22-10-6-4-8-20(18)22/h3-10,13-16,23-25,31-32,36H,11-12,30H2,1-2H3,(H,33,37)(H,34,39)(H,35,38)(H,40,41). The van der Waals surface area contributed by atoms with Crippen molar-refractivity contribution in [3.05, 3.63) is 72.1 Å². The summed E-state index contributed by atoms with van der Waals surface area (Å²) in [7, 11) is 0. The molecule has 0 aliphatic rings.